The lowest BCUT2D eigenvalue weighted by atomic mass is 10.2. The van der Waals surface area contributed by atoms with Crippen molar-refractivity contribution in [2.45, 2.75) is 6.92 Å². The number of nitrogens with one attached hydrogen (secondary N) is 2. The van der Waals surface area contributed by atoms with Crippen LogP contribution in [0.5, 0.6) is 0 Å². The monoisotopic (exact) mass is 328 g/mol. The number of nitrogens with zero attached hydrogens (tertiary/aromatic N) is 4. The van der Waals surface area contributed by atoms with Crippen LogP contribution in [0.3, 0.4) is 0 Å². The lowest BCUT2D eigenvalue weighted by Crippen LogP contribution is -2.18. The molecule has 0 spiro atoms. The van der Waals surface area contributed by atoms with Crippen molar-refractivity contribution in [3.05, 3.63) is 51.0 Å². The molecule has 3 aromatic heterocycles. The number of H-pyrrole nitrogens is 2. The first-order valence-electron chi connectivity index (χ1n) is 6.68. The summed E-state index contributed by atoms with van der Waals surface area (Å²) in [5, 5.41) is 2.90. The molecule has 114 valence electrons. The summed E-state index contributed by atoms with van der Waals surface area (Å²) in [6.45, 7) is 1.79. The van der Waals surface area contributed by atoms with Gasteiger partial charge >= 0.3 is 5.69 Å². The molecule has 0 amide bonds. The zero-order chi connectivity index (χ0) is 16.1. The van der Waals surface area contributed by atoms with E-state index in [0.29, 0.717) is 33.8 Å². The van der Waals surface area contributed by atoms with Crippen molar-refractivity contribution in [1.29, 1.82) is 0 Å². The first-order valence-corrected chi connectivity index (χ1v) is 7.08. The largest absolute Gasteiger partial charge is 0.348 e. The number of benzene rings is 1. The highest BCUT2D eigenvalue weighted by molar-refractivity contribution is 7.71. The van der Waals surface area contributed by atoms with Crippen LogP contribution in [-0.4, -0.2) is 29.5 Å². The standard InChI is InChI=1S/C14H9FN6OS/c1-6-12(17-9-4-7(15)2-3-8(9)16-6)10-5-11-18-13(23)19-14(22)21(11)20-10/h2-5,20H,1H3,(H,19,22,23). The third kappa shape index (κ3) is 2.21. The van der Waals surface area contributed by atoms with Gasteiger partial charge in [-0.3, -0.25) is 10.1 Å². The van der Waals surface area contributed by atoms with E-state index in [0.717, 1.165) is 0 Å². The van der Waals surface area contributed by atoms with E-state index in [1.807, 2.05) is 0 Å². The van der Waals surface area contributed by atoms with Crippen LogP contribution in [0.1, 0.15) is 5.69 Å². The summed E-state index contributed by atoms with van der Waals surface area (Å²) < 4.78 is 14.7. The van der Waals surface area contributed by atoms with Crippen molar-refractivity contribution < 1.29 is 4.39 Å². The summed E-state index contributed by atoms with van der Waals surface area (Å²) in [4.78, 5) is 27.2. The predicted octanol–water partition coefficient (Wildman–Crippen LogP) is 2.14. The average molecular weight is 328 g/mol. The molecule has 0 radical (unpaired) electrons. The number of hydrogen-bond donors (Lipinski definition) is 2. The van der Waals surface area contributed by atoms with Crippen LogP contribution in [0.4, 0.5) is 4.39 Å². The van der Waals surface area contributed by atoms with E-state index in [9.17, 15) is 9.18 Å². The molecule has 7 nitrogen and oxygen atoms in total. The van der Waals surface area contributed by atoms with Gasteiger partial charge in [-0.15, -0.1) is 0 Å². The topological polar surface area (TPSA) is 91.7 Å². The van der Waals surface area contributed by atoms with Gasteiger partial charge in [0.15, 0.2) is 5.65 Å². The fraction of sp³-hybridized carbons (Fsp3) is 0.0714. The van der Waals surface area contributed by atoms with Crippen LogP contribution in [0.25, 0.3) is 28.1 Å². The number of rotatable bonds is 1. The number of halogens is 1. The van der Waals surface area contributed by atoms with Crippen molar-refractivity contribution in [2.24, 2.45) is 0 Å². The molecule has 0 bridgehead atoms. The predicted molar refractivity (Wildman–Crippen MR) is 84.2 cm³/mol. The number of hydrogen-bond acceptors (Lipinski definition) is 5. The Morgan fingerprint density at radius 2 is 2.00 bits per heavy atom. The minimum atomic E-state index is -0.427. The molecule has 1 aromatic carbocycles. The summed E-state index contributed by atoms with van der Waals surface area (Å²) in [5.74, 6) is -0.388. The molecule has 3 heterocycles. The van der Waals surface area contributed by atoms with Gasteiger partial charge in [-0.1, -0.05) is 0 Å². The molecule has 0 aliphatic heterocycles. The molecular weight excluding hydrogens is 319 g/mol. The molecule has 0 aliphatic carbocycles. The van der Waals surface area contributed by atoms with Crippen LogP contribution in [0.15, 0.2) is 29.1 Å². The smallest absolute Gasteiger partial charge is 0.286 e. The lowest BCUT2D eigenvalue weighted by molar-refractivity contribution is 0.629. The molecule has 4 rings (SSSR count). The summed E-state index contributed by atoms with van der Waals surface area (Å²) in [6.07, 6.45) is 0. The van der Waals surface area contributed by atoms with Crippen LogP contribution < -0.4 is 5.69 Å². The van der Waals surface area contributed by atoms with Crippen molar-refractivity contribution in [2.75, 3.05) is 0 Å². The Bertz CT molecular complexity index is 1190. The van der Waals surface area contributed by atoms with Gasteiger partial charge in [0.1, 0.15) is 11.5 Å². The van der Waals surface area contributed by atoms with Gasteiger partial charge in [-0.25, -0.2) is 24.1 Å². The minimum absolute atomic E-state index is 0.101. The van der Waals surface area contributed by atoms with E-state index in [-0.39, 0.29) is 10.6 Å². The summed E-state index contributed by atoms with van der Waals surface area (Å²) >= 11 is 4.89. The molecule has 0 unspecified atom stereocenters. The maximum absolute atomic E-state index is 13.4. The maximum atomic E-state index is 13.4. The van der Waals surface area contributed by atoms with Crippen molar-refractivity contribution in [3.8, 4) is 11.4 Å². The van der Waals surface area contributed by atoms with Gasteiger partial charge in [0.25, 0.3) is 0 Å². The van der Waals surface area contributed by atoms with E-state index >= 15 is 0 Å². The average Bonchev–Trinajstić information content (AvgIpc) is 2.91. The third-order valence-electron chi connectivity index (χ3n) is 3.42. The number of aryl methyl sites for hydroxylation is 1. The van der Waals surface area contributed by atoms with Gasteiger partial charge in [-0.2, -0.15) is 4.52 Å². The molecule has 23 heavy (non-hydrogen) atoms. The van der Waals surface area contributed by atoms with E-state index in [1.165, 1.54) is 16.6 Å². The van der Waals surface area contributed by atoms with Crippen molar-refractivity contribution >= 4 is 28.9 Å². The lowest BCUT2D eigenvalue weighted by Gasteiger charge is -2.04. The second kappa shape index (κ2) is 4.78. The Labute approximate surface area is 132 Å². The molecule has 0 saturated heterocycles. The number of fused-ring (bicyclic) bond motifs is 2. The third-order valence-corrected chi connectivity index (χ3v) is 3.62. The Morgan fingerprint density at radius 3 is 2.83 bits per heavy atom. The van der Waals surface area contributed by atoms with Gasteiger partial charge in [-0.05, 0) is 31.3 Å². The molecule has 0 fully saturated rings. The van der Waals surface area contributed by atoms with Crippen LogP contribution in [0, 0.1) is 17.5 Å². The molecule has 0 aliphatic rings. The van der Waals surface area contributed by atoms with Crippen LogP contribution in [0.2, 0.25) is 0 Å². The minimum Gasteiger partial charge on any atom is -0.286 e. The van der Waals surface area contributed by atoms with Crippen LogP contribution in [-0.2, 0) is 0 Å². The van der Waals surface area contributed by atoms with E-state index in [4.69, 9.17) is 12.2 Å². The molecular formula is C14H9FN6OS. The zero-order valence-electron chi connectivity index (χ0n) is 11.8. The SMILES string of the molecule is Cc1nc2ccc(F)cc2nc1-c1cc2nc(=S)[nH]c(=O)n2[nH]1. The Hall–Kier alpha value is -2.94. The van der Waals surface area contributed by atoms with Crippen molar-refractivity contribution in [3.63, 3.8) is 0 Å². The molecule has 9 heteroatoms. The first kappa shape index (κ1) is 13.7. The van der Waals surface area contributed by atoms with Crippen molar-refractivity contribution in [1.82, 2.24) is 29.5 Å². The maximum Gasteiger partial charge on any atom is 0.348 e. The second-order valence-corrected chi connectivity index (χ2v) is 5.39. The molecule has 0 atom stereocenters. The fourth-order valence-electron chi connectivity index (χ4n) is 2.41. The Balaban J connectivity index is 2.01. The zero-order valence-corrected chi connectivity index (χ0v) is 12.6. The highest BCUT2D eigenvalue weighted by Crippen LogP contribution is 2.22. The normalized spacial score (nSPS) is 11.4. The molecule has 0 saturated carbocycles. The fourth-order valence-corrected chi connectivity index (χ4v) is 2.59. The second-order valence-electron chi connectivity index (χ2n) is 5.00. The number of aromatic nitrogens is 6. The molecule has 4 aromatic rings. The van der Waals surface area contributed by atoms with Gasteiger partial charge < -0.3 is 0 Å². The van der Waals surface area contributed by atoms with E-state index in [1.54, 1.807) is 19.1 Å². The highest BCUT2D eigenvalue weighted by atomic mass is 32.1. The summed E-state index contributed by atoms with van der Waals surface area (Å²) in [7, 11) is 0. The summed E-state index contributed by atoms with van der Waals surface area (Å²) in [6, 6.07) is 5.87. The van der Waals surface area contributed by atoms with E-state index in [2.05, 4.69) is 25.0 Å². The molecule has 2 N–H and O–H groups in total. The Morgan fingerprint density at radius 1 is 1.17 bits per heavy atom. The van der Waals surface area contributed by atoms with Crippen LogP contribution >= 0.6 is 12.2 Å². The van der Waals surface area contributed by atoms with Gasteiger partial charge in [0.05, 0.1) is 22.4 Å². The number of aromatic amines is 2. The highest BCUT2D eigenvalue weighted by Gasteiger charge is 2.12. The van der Waals surface area contributed by atoms with Gasteiger partial charge in [0, 0.05) is 12.1 Å². The first-order chi connectivity index (χ1) is 11.0. The van der Waals surface area contributed by atoms with Gasteiger partial charge in [0.2, 0.25) is 4.77 Å². The summed E-state index contributed by atoms with van der Waals surface area (Å²) in [5.41, 5.74) is 2.67. The van der Waals surface area contributed by atoms with E-state index < -0.39 is 5.69 Å². The quantitative estimate of drug-likeness (QED) is 0.522. The Kier molecular flexibility index (Phi) is 2.85.